The lowest BCUT2D eigenvalue weighted by Crippen LogP contribution is -1.97. The monoisotopic (exact) mass is 222 g/mol. The summed E-state index contributed by atoms with van der Waals surface area (Å²) in [6.45, 7) is 1.40. The highest BCUT2D eigenvalue weighted by Crippen LogP contribution is 2.11. The Morgan fingerprint density at radius 3 is 2.87 bits per heavy atom. The Kier molecular flexibility index (Phi) is 4.38. The molecule has 0 radical (unpaired) electrons. The molecule has 1 aromatic carbocycles. The van der Waals surface area contributed by atoms with Gasteiger partial charge in [0, 0.05) is 23.3 Å². The van der Waals surface area contributed by atoms with Crippen LogP contribution in [0.3, 0.4) is 0 Å². The SMILES string of the molecule is CC(=O)c1cc(F)ccc1C#CCCS. The maximum Gasteiger partial charge on any atom is 0.161 e. The average molecular weight is 222 g/mol. The fourth-order valence-corrected chi connectivity index (χ4v) is 1.24. The van der Waals surface area contributed by atoms with Gasteiger partial charge in [0.05, 0.1) is 0 Å². The topological polar surface area (TPSA) is 17.1 Å². The van der Waals surface area contributed by atoms with E-state index in [9.17, 15) is 9.18 Å². The number of ketones is 1. The zero-order chi connectivity index (χ0) is 11.3. The normalized spacial score (nSPS) is 9.27. The van der Waals surface area contributed by atoms with E-state index in [0.29, 0.717) is 23.3 Å². The third-order valence-electron chi connectivity index (χ3n) is 1.82. The first kappa shape index (κ1) is 11.8. The molecule has 0 saturated heterocycles. The minimum absolute atomic E-state index is 0.176. The molecule has 0 fully saturated rings. The largest absolute Gasteiger partial charge is 0.294 e. The van der Waals surface area contributed by atoms with E-state index in [4.69, 9.17) is 0 Å². The van der Waals surface area contributed by atoms with Gasteiger partial charge in [-0.3, -0.25) is 4.79 Å². The maximum atomic E-state index is 12.9. The fourth-order valence-electron chi connectivity index (χ4n) is 1.13. The van der Waals surface area contributed by atoms with Crippen molar-refractivity contribution in [2.24, 2.45) is 0 Å². The van der Waals surface area contributed by atoms with Crippen LogP contribution in [0.5, 0.6) is 0 Å². The summed E-state index contributed by atoms with van der Waals surface area (Å²) in [5.74, 6) is 5.78. The van der Waals surface area contributed by atoms with Gasteiger partial charge in [0.15, 0.2) is 5.78 Å². The molecule has 1 nitrogen and oxygen atoms in total. The minimum Gasteiger partial charge on any atom is -0.294 e. The number of hydrogen-bond donors (Lipinski definition) is 1. The van der Waals surface area contributed by atoms with Crippen LogP contribution in [0.15, 0.2) is 18.2 Å². The van der Waals surface area contributed by atoms with Gasteiger partial charge in [0.25, 0.3) is 0 Å². The first-order chi connectivity index (χ1) is 7.15. The standard InChI is InChI=1S/C12H11FOS/c1-9(14)12-8-11(13)6-5-10(12)4-2-3-7-15/h5-6,8,15H,3,7H2,1H3. The molecule has 15 heavy (non-hydrogen) atoms. The van der Waals surface area contributed by atoms with E-state index in [0.717, 1.165) is 0 Å². The Balaban J connectivity index is 3.08. The van der Waals surface area contributed by atoms with Crippen molar-refractivity contribution in [2.45, 2.75) is 13.3 Å². The van der Waals surface area contributed by atoms with Crippen LogP contribution in [0.1, 0.15) is 29.3 Å². The Morgan fingerprint density at radius 1 is 1.53 bits per heavy atom. The van der Waals surface area contributed by atoms with Crippen molar-refractivity contribution in [3.05, 3.63) is 35.1 Å². The summed E-state index contributed by atoms with van der Waals surface area (Å²) in [4.78, 5) is 11.2. The highest BCUT2D eigenvalue weighted by atomic mass is 32.1. The third kappa shape index (κ3) is 3.41. The lowest BCUT2D eigenvalue weighted by molar-refractivity contribution is 0.101. The van der Waals surface area contributed by atoms with Crippen molar-refractivity contribution >= 4 is 18.4 Å². The van der Waals surface area contributed by atoms with Gasteiger partial charge in [-0.1, -0.05) is 11.8 Å². The van der Waals surface area contributed by atoms with Gasteiger partial charge in [0.2, 0.25) is 0 Å². The zero-order valence-corrected chi connectivity index (χ0v) is 9.27. The van der Waals surface area contributed by atoms with Crippen molar-refractivity contribution in [1.82, 2.24) is 0 Å². The van der Waals surface area contributed by atoms with Gasteiger partial charge in [-0.15, -0.1) is 0 Å². The molecule has 0 aromatic heterocycles. The Morgan fingerprint density at radius 2 is 2.27 bits per heavy atom. The number of hydrogen-bond acceptors (Lipinski definition) is 2. The summed E-state index contributed by atoms with van der Waals surface area (Å²) >= 11 is 4.02. The first-order valence-corrected chi connectivity index (χ1v) is 5.18. The van der Waals surface area contributed by atoms with Crippen molar-refractivity contribution in [3.63, 3.8) is 0 Å². The molecule has 0 aliphatic heterocycles. The minimum atomic E-state index is -0.417. The molecule has 0 unspecified atom stereocenters. The number of benzene rings is 1. The number of Topliss-reactive ketones (excluding diaryl/α,β-unsaturated/α-hetero) is 1. The van der Waals surface area contributed by atoms with Gasteiger partial charge in [-0.2, -0.15) is 12.6 Å². The fraction of sp³-hybridized carbons (Fsp3) is 0.250. The third-order valence-corrected chi connectivity index (χ3v) is 2.04. The molecule has 0 atom stereocenters. The highest BCUT2D eigenvalue weighted by Gasteiger charge is 2.06. The molecule has 0 N–H and O–H groups in total. The van der Waals surface area contributed by atoms with Gasteiger partial charge >= 0.3 is 0 Å². The number of carbonyl (C=O) groups is 1. The lowest BCUT2D eigenvalue weighted by Gasteiger charge is -1.99. The summed E-state index contributed by atoms with van der Waals surface area (Å²) in [5.41, 5.74) is 0.910. The van der Waals surface area contributed by atoms with Gasteiger partial charge in [-0.25, -0.2) is 4.39 Å². The molecule has 1 rings (SSSR count). The van der Waals surface area contributed by atoms with Crippen LogP contribution >= 0.6 is 12.6 Å². The Hall–Kier alpha value is -1.27. The molecule has 0 aliphatic rings. The first-order valence-electron chi connectivity index (χ1n) is 4.55. The van der Waals surface area contributed by atoms with Crippen LogP contribution in [-0.2, 0) is 0 Å². The van der Waals surface area contributed by atoms with Crippen LogP contribution in [0.4, 0.5) is 4.39 Å². The summed E-state index contributed by atoms with van der Waals surface area (Å²) in [7, 11) is 0. The number of thiol groups is 1. The van der Waals surface area contributed by atoms with Crippen molar-refractivity contribution in [1.29, 1.82) is 0 Å². The highest BCUT2D eigenvalue weighted by molar-refractivity contribution is 7.80. The molecular formula is C12H11FOS. The van der Waals surface area contributed by atoms with Crippen molar-refractivity contribution < 1.29 is 9.18 Å². The second-order valence-electron chi connectivity index (χ2n) is 3.02. The van der Waals surface area contributed by atoms with E-state index in [1.807, 2.05) is 0 Å². The molecule has 0 bridgehead atoms. The smallest absolute Gasteiger partial charge is 0.161 e. The predicted octanol–water partition coefficient (Wildman–Crippen LogP) is 2.70. The van der Waals surface area contributed by atoms with Crippen molar-refractivity contribution in [3.8, 4) is 11.8 Å². The number of carbonyl (C=O) groups excluding carboxylic acids is 1. The van der Waals surface area contributed by atoms with Gasteiger partial charge in [0.1, 0.15) is 5.82 Å². The van der Waals surface area contributed by atoms with Crippen LogP contribution in [-0.4, -0.2) is 11.5 Å². The van der Waals surface area contributed by atoms with Crippen molar-refractivity contribution in [2.75, 3.05) is 5.75 Å². The van der Waals surface area contributed by atoms with E-state index in [-0.39, 0.29) is 5.78 Å². The quantitative estimate of drug-likeness (QED) is 0.462. The summed E-state index contributed by atoms with van der Waals surface area (Å²) < 4.78 is 12.9. The summed E-state index contributed by atoms with van der Waals surface area (Å²) in [5, 5.41) is 0. The molecule has 0 heterocycles. The molecular weight excluding hydrogens is 211 g/mol. The number of halogens is 1. The summed E-state index contributed by atoms with van der Waals surface area (Å²) in [6.07, 6.45) is 0.651. The van der Waals surface area contributed by atoms with Gasteiger partial charge < -0.3 is 0 Å². The molecule has 0 aliphatic carbocycles. The second kappa shape index (κ2) is 5.57. The van der Waals surface area contributed by atoms with E-state index >= 15 is 0 Å². The molecule has 0 saturated carbocycles. The number of rotatable bonds is 2. The van der Waals surface area contributed by atoms with E-state index in [2.05, 4.69) is 24.5 Å². The Bertz CT molecular complexity index is 429. The van der Waals surface area contributed by atoms with Crippen LogP contribution in [0.2, 0.25) is 0 Å². The maximum absolute atomic E-state index is 12.9. The molecule has 0 amide bonds. The van der Waals surface area contributed by atoms with E-state index < -0.39 is 5.82 Å². The second-order valence-corrected chi connectivity index (χ2v) is 3.47. The van der Waals surface area contributed by atoms with Crippen LogP contribution < -0.4 is 0 Å². The van der Waals surface area contributed by atoms with Crippen LogP contribution in [0, 0.1) is 17.7 Å². The Labute approximate surface area is 94.1 Å². The zero-order valence-electron chi connectivity index (χ0n) is 8.38. The van der Waals surface area contributed by atoms with Gasteiger partial charge in [-0.05, 0) is 25.1 Å². The summed E-state index contributed by atoms with van der Waals surface area (Å²) in [6, 6.07) is 4.04. The molecule has 1 aromatic rings. The lowest BCUT2D eigenvalue weighted by atomic mass is 10.0. The van der Waals surface area contributed by atoms with E-state index in [1.54, 1.807) is 0 Å². The predicted molar refractivity (Wildman–Crippen MR) is 61.8 cm³/mol. The average Bonchev–Trinajstić information content (AvgIpc) is 2.20. The molecule has 78 valence electrons. The van der Waals surface area contributed by atoms with Crippen LogP contribution in [0.25, 0.3) is 0 Å². The molecule has 0 spiro atoms. The molecule has 3 heteroatoms. The van der Waals surface area contributed by atoms with E-state index in [1.165, 1.54) is 25.1 Å².